The van der Waals surface area contributed by atoms with Crippen LogP contribution in [0.25, 0.3) is 0 Å². The van der Waals surface area contributed by atoms with E-state index >= 15 is 0 Å². The average Bonchev–Trinajstić information content (AvgIpc) is 3.40. The molecule has 0 amide bonds. The summed E-state index contributed by atoms with van der Waals surface area (Å²) in [7, 11) is 0. The minimum atomic E-state index is -0.506. The molecule has 0 spiro atoms. The minimum Gasteiger partial charge on any atom is -0.494 e. The van der Waals surface area contributed by atoms with Gasteiger partial charge in [0.25, 0.3) is 0 Å². The molecule has 0 unspecified atom stereocenters. The predicted molar refractivity (Wildman–Crippen MR) is 270 cm³/mol. The van der Waals surface area contributed by atoms with Gasteiger partial charge in [0.05, 0.1) is 49.1 Å². The van der Waals surface area contributed by atoms with Gasteiger partial charge in [-0.05, 0) is 150 Å². The highest BCUT2D eigenvalue weighted by atomic mass is 16.6. The first kappa shape index (κ1) is 56.3. The molecule has 2 saturated carbocycles. The number of aldehydes is 1. The average molecular weight is 993 g/mol. The van der Waals surface area contributed by atoms with Crippen molar-refractivity contribution in [2.24, 2.45) is 23.7 Å². The molecule has 0 N–H and O–H groups in total. The van der Waals surface area contributed by atoms with Crippen LogP contribution < -0.4 is 28.4 Å². The molecule has 0 heterocycles. The molecule has 0 aliphatic heterocycles. The minimum absolute atomic E-state index is 0.0491. The number of rotatable bonds is 32. The highest BCUT2D eigenvalue weighted by Crippen LogP contribution is 2.35. The Morgan fingerprint density at radius 2 is 0.792 bits per heavy atom. The number of carbonyl (C=O) groups excluding carboxylic acids is 7. The molecule has 2 aliphatic rings. The van der Waals surface area contributed by atoms with Crippen LogP contribution in [0.15, 0.2) is 92.0 Å². The van der Waals surface area contributed by atoms with E-state index < -0.39 is 23.8 Å². The van der Waals surface area contributed by atoms with Crippen LogP contribution in [0.3, 0.4) is 0 Å². The second kappa shape index (κ2) is 31.7. The van der Waals surface area contributed by atoms with Crippen LogP contribution in [0.4, 0.5) is 0 Å². The Bertz CT molecular complexity index is 2220. The number of unbranched alkanes of at least 4 members (excludes halogenated alkanes) is 11. The SMILES string of the molecule is C=CC(=O)CCCCCCCCCOc1ccc(OC(=O)C2CCC(C(=O)Oc3ccc(OC(=O)C4CCC(C(=O)Oc5ccc(OCCCCCCCCOC(=O)C=C)cc5)CC4)cc3C=O)CC2)cc1. The number of benzene rings is 3. The lowest BCUT2D eigenvalue weighted by molar-refractivity contribution is -0.145. The van der Waals surface area contributed by atoms with Gasteiger partial charge in [-0.15, -0.1) is 0 Å². The summed E-state index contributed by atoms with van der Waals surface area (Å²) < 4.78 is 39.3. The lowest BCUT2D eigenvalue weighted by Gasteiger charge is -2.26. The van der Waals surface area contributed by atoms with Gasteiger partial charge >= 0.3 is 29.8 Å². The molecule has 14 nitrogen and oxygen atoms in total. The summed E-state index contributed by atoms with van der Waals surface area (Å²) in [5.74, 6) is -1.19. The van der Waals surface area contributed by atoms with Gasteiger partial charge in [0.15, 0.2) is 12.1 Å². The third-order valence-electron chi connectivity index (χ3n) is 13.2. The van der Waals surface area contributed by atoms with Crippen molar-refractivity contribution in [2.45, 2.75) is 141 Å². The molecule has 5 rings (SSSR count). The maximum atomic E-state index is 13.2. The smallest absolute Gasteiger partial charge is 0.330 e. The van der Waals surface area contributed by atoms with Crippen LogP contribution in [0.1, 0.15) is 152 Å². The van der Waals surface area contributed by atoms with Gasteiger partial charge in [-0.1, -0.05) is 70.9 Å². The van der Waals surface area contributed by atoms with Crippen molar-refractivity contribution in [3.8, 4) is 34.5 Å². The first-order valence-corrected chi connectivity index (χ1v) is 25.9. The summed E-state index contributed by atoms with van der Waals surface area (Å²) in [5, 5.41) is 0. The molecule has 72 heavy (non-hydrogen) atoms. The Kier molecular flexibility index (Phi) is 24.8. The van der Waals surface area contributed by atoms with Crippen LogP contribution >= 0.6 is 0 Å². The van der Waals surface area contributed by atoms with Crippen molar-refractivity contribution < 1.29 is 66.7 Å². The molecule has 0 radical (unpaired) electrons. The Morgan fingerprint density at radius 3 is 1.21 bits per heavy atom. The molecular formula is C58H72O14. The normalized spacial score (nSPS) is 17.3. The summed E-state index contributed by atoms with van der Waals surface area (Å²) in [5.41, 5.74) is 0.0523. The molecule has 14 heteroatoms. The van der Waals surface area contributed by atoms with Crippen molar-refractivity contribution in [1.29, 1.82) is 0 Å². The van der Waals surface area contributed by atoms with E-state index in [2.05, 4.69) is 13.2 Å². The van der Waals surface area contributed by atoms with Crippen LogP contribution in [0.5, 0.6) is 34.5 Å². The quantitative estimate of drug-likeness (QED) is 0.0189. The van der Waals surface area contributed by atoms with Crippen LogP contribution in [0.2, 0.25) is 0 Å². The van der Waals surface area contributed by atoms with Crippen molar-refractivity contribution >= 4 is 41.9 Å². The van der Waals surface area contributed by atoms with Crippen molar-refractivity contribution in [1.82, 2.24) is 0 Å². The van der Waals surface area contributed by atoms with Crippen molar-refractivity contribution in [3.63, 3.8) is 0 Å². The number of hydrogen-bond acceptors (Lipinski definition) is 14. The van der Waals surface area contributed by atoms with E-state index in [0.29, 0.717) is 107 Å². The zero-order chi connectivity index (χ0) is 51.3. The zero-order valence-corrected chi connectivity index (χ0v) is 41.7. The van der Waals surface area contributed by atoms with Crippen LogP contribution in [-0.4, -0.2) is 61.7 Å². The highest BCUT2D eigenvalue weighted by molar-refractivity contribution is 5.89. The topological polar surface area (TPSA) is 184 Å². The third kappa shape index (κ3) is 20.3. The van der Waals surface area contributed by atoms with Crippen LogP contribution in [0, 0.1) is 23.7 Å². The summed E-state index contributed by atoms with van der Waals surface area (Å²) >= 11 is 0. The van der Waals surface area contributed by atoms with Gasteiger partial charge < -0.3 is 33.2 Å². The summed E-state index contributed by atoms with van der Waals surface area (Å²) in [6.45, 7) is 8.48. The molecule has 0 atom stereocenters. The summed E-state index contributed by atoms with van der Waals surface area (Å²) in [4.78, 5) is 86.7. The Balaban J connectivity index is 0.924. The number of esters is 5. The molecule has 2 fully saturated rings. The maximum absolute atomic E-state index is 13.2. The fourth-order valence-electron chi connectivity index (χ4n) is 8.81. The van der Waals surface area contributed by atoms with E-state index in [1.807, 2.05) is 0 Å². The second-order valence-electron chi connectivity index (χ2n) is 18.6. The van der Waals surface area contributed by atoms with E-state index in [1.54, 1.807) is 48.5 Å². The molecule has 0 aromatic heterocycles. The number of allylic oxidation sites excluding steroid dienone is 1. The zero-order valence-electron chi connectivity index (χ0n) is 41.7. The summed E-state index contributed by atoms with van der Waals surface area (Å²) in [6, 6.07) is 18.2. The highest BCUT2D eigenvalue weighted by Gasteiger charge is 2.34. The molecule has 2 aliphatic carbocycles. The maximum Gasteiger partial charge on any atom is 0.330 e. The van der Waals surface area contributed by atoms with E-state index in [0.717, 1.165) is 83.5 Å². The molecule has 3 aromatic carbocycles. The van der Waals surface area contributed by atoms with E-state index in [1.165, 1.54) is 30.4 Å². The Hall–Kier alpha value is -6.57. The second-order valence-corrected chi connectivity index (χ2v) is 18.6. The van der Waals surface area contributed by atoms with E-state index in [-0.39, 0.29) is 52.6 Å². The van der Waals surface area contributed by atoms with E-state index in [4.69, 9.17) is 33.2 Å². The number of carbonyl (C=O) groups is 7. The Morgan fingerprint density at radius 1 is 0.431 bits per heavy atom. The molecule has 0 bridgehead atoms. The first-order valence-electron chi connectivity index (χ1n) is 25.9. The molecule has 3 aromatic rings. The van der Waals surface area contributed by atoms with Crippen LogP contribution in [-0.2, 0) is 33.5 Å². The van der Waals surface area contributed by atoms with Crippen molar-refractivity contribution in [3.05, 3.63) is 97.6 Å². The van der Waals surface area contributed by atoms with E-state index in [9.17, 15) is 33.6 Å². The fourth-order valence-corrected chi connectivity index (χ4v) is 8.81. The molecule has 0 saturated heterocycles. The van der Waals surface area contributed by atoms with Gasteiger partial charge in [0.1, 0.15) is 34.5 Å². The Labute approximate surface area is 424 Å². The van der Waals surface area contributed by atoms with Gasteiger partial charge in [-0.2, -0.15) is 0 Å². The van der Waals surface area contributed by atoms with Gasteiger partial charge in [-0.3, -0.25) is 28.8 Å². The largest absolute Gasteiger partial charge is 0.494 e. The predicted octanol–water partition coefficient (Wildman–Crippen LogP) is 11.8. The molecule has 388 valence electrons. The summed E-state index contributed by atoms with van der Waals surface area (Å²) in [6.07, 6.45) is 20.5. The van der Waals surface area contributed by atoms with Gasteiger partial charge in [-0.25, -0.2) is 4.79 Å². The number of ketones is 1. The lowest BCUT2D eigenvalue weighted by Crippen LogP contribution is -2.30. The molecular weight excluding hydrogens is 921 g/mol. The fraction of sp³-hybridized carbons (Fsp3) is 0.500. The van der Waals surface area contributed by atoms with Crippen molar-refractivity contribution in [2.75, 3.05) is 19.8 Å². The monoisotopic (exact) mass is 992 g/mol. The standard InChI is InChI=1S/C58H72O14/c1-3-47(60)18-14-10-6-5-7-11-15-37-66-48-27-33-51(34-28-48)70-56(63)43-23-25-45(26-24-43)58(65)72-53-36-35-52(40-46(53)41-59)71-57(64)44-21-19-42(20-22-44)55(62)69-50-31-29-49(30-32-50)67-38-16-12-8-9-13-17-39-68-54(61)4-2/h3-4,27-36,40-45H,1-2,5-26,37-39H2. The lowest BCUT2D eigenvalue weighted by atomic mass is 9.82. The van der Waals surface area contributed by atoms with Gasteiger partial charge in [0.2, 0.25) is 0 Å². The number of ether oxygens (including phenoxy) is 7. The van der Waals surface area contributed by atoms with Gasteiger partial charge in [0, 0.05) is 12.5 Å². The first-order chi connectivity index (χ1) is 35.0. The number of hydrogen-bond donors (Lipinski definition) is 0. The third-order valence-corrected chi connectivity index (χ3v) is 13.2.